The highest BCUT2D eigenvalue weighted by molar-refractivity contribution is 8.18. The molecule has 4 rings (SSSR count). The Hall–Kier alpha value is -2.15. The SMILES string of the molecule is O=C1NC(=Nc2ccc(Cl)cc2)S/C1=C\c1cc2c(cc1Cl)OCO2. The van der Waals surface area contributed by atoms with Gasteiger partial charge in [0.2, 0.25) is 6.79 Å². The molecule has 0 bridgehead atoms. The van der Waals surface area contributed by atoms with Gasteiger partial charge in [0.1, 0.15) is 0 Å². The van der Waals surface area contributed by atoms with Crippen molar-refractivity contribution in [3.63, 3.8) is 0 Å². The zero-order chi connectivity index (χ0) is 17.4. The average Bonchev–Trinajstić information content (AvgIpc) is 3.16. The summed E-state index contributed by atoms with van der Waals surface area (Å²) in [5.74, 6) is 0.974. The fourth-order valence-electron chi connectivity index (χ4n) is 2.30. The molecule has 0 atom stereocenters. The first-order chi connectivity index (χ1) is 12.1. The number of fused-ring (bicyclic) bond motifs is 1. The third-order valence-corrected chi connectivity index (χ3v) is 4.98. The van der Waals surface area contributed by atoms with Gasteiger partial charge < -0.3 is 14.8 Å². The predicted molar refractivity (Wildman–Crippen MR) is 99.8 cm³/mol. The number of hydrogen-bond donors (Lipinski definition) is 1. The van der Waals surface area contributed by atoms with Crippen LogP contribution in [0.5, 0.6) is 11.5 Å². The number of benzene rings is 2. The maximum Gasteiger partial charge on any atom is 0.264 e. The minimum absolute atomic E-state index is 0.165. The number of rotatable bonds is 2. The molecule has 126 valence electrons. The monoisotopic (exact) mass is 392 g/mol. The van der Waals surface area contributed by atoms with Gasteiger partial charge in [-0.15, -0.1) is 0 Å². The normalized spacial score (nSPS) is 18.9. The van der Waals surface area contributed by atoms with Crippen molar-refractivity contribution in [2.75, 3.05) is 6.79 Å². The third-order valence-electron chi connectivity index (χ3n) is 3.49. The number of nitrogens with zero attached hydrogens (tertiary/aromatic N) is 1. The van der Waals surface area contributed by atoms with Crippen molar-refractivity contribution < 1.29 is 14.3 Å². The molecular formula is C17H10Cl2N2O3S. The molecule has 25 heavy (non-hydrogen) atoms. The van der Waals surface area contributed by atoms with E-state index in [0.717, 1.165) is 0 Å². The summed E-state index contributed by atoms with van der Waals surface area (Å²) in [7, 11) is 0. The van der Waals surface area contributed by atoms with Crippen LogP contribution in [0, 0.1) is 0 Å². The van der Waals surface area contributed by atoms with E-state index in [-0.39, 0.29) is 12.7 Å². The Morgan fingerprint density at radius 1 is 1.12 bits per heavy atom. The predicted octanol–water partition coefficient (Wildman–Crippen LogP) is 4.61. The lowest BCUT2D eigenvalue weighted by Gasteiger charge is -2.02. The summed E-state index contributed by atoms with van der Waals surface area (Å²) in [6, 6.07) is 10.5. The van der Waals surface area contributed by atoms with Crippen molar-refractivity contribution in [2.24, 2.45) is 4.99 Å². The van der Waals surface area contributed by atoms with E-state index in [9.17, 15) is 4.79 Å². The molecule has 1 saturated heterocycles. The van der Waals surface area contributed by atoms with Crippen molar-refractivity contribution in [2.45, 2.75) is 0 Å². The summed E-state index contributed by atoms with van der Waals surface area (Å²) in [4.78, 5) is 17.1. The van der Waals surface area contributed by atoms with E-state index in [4.69, 9.17) is 32.7 Å². The smallest absolute Gasteiger partial charge is 0.264 e. The van der Waals surface area contributed by atoms with Gasteiger partial charge in [-0.25, -0.2) is 4.99 Å². The number of halogens is 2. The molecule has 8 heteroatoms. The van der Waals surface area contributed by atoms with Crippen molar-refractivity contribution in [1.82, 2.24) is 5.32 Å². The number of amidine groups is 1. The third kappa shape index (κ3) is 3.46. The Balaban J connectivity index is 1.60. The van der Waals surface area contributed by atoms with E-state index in [1.807, 2.05) is 0 Å². The van der Waals surface area contributed by atoms with E-state index >= 15 is 0 Å². The lowest BCUT2D eigenvalue weighted by atomic mass is 10.2. The molecule has 1 fully saturated rings. The molecule has 1 amide bonds. The highest BCUT2D eigenvalue weighted by atomic mass is 35.5. The molecule has 5 nitrogen and oxygen atoms in total. The molecule has 0 radical (unpaired) electrons. The van der Waals surface area contributed by atoms with Crippen LogP contribution >= 0.6 is 35.0 Å². The summed E-state index contributed by atoms with van der Waals surface area (Å²) in [5, 5.41) is 4.34. The van der Waals surface area contributed by atoms with Crippen molar-refractivity contribution in [3.05, 3.63) is 56.9 Å². The number of thioether (sulfide) groups is 1. The van der Waals surface area contributed by atoms with E-state index in [1.165, 1.54) is 11.8 Å². The van der Waals surface area contributed by atoms with Crippen LogP contribution in [0.2, 0.25) is 10.0 Å². The van der Waals surface area contributed by atoms with Gasteiger partial charge in [0.15, 0.2) is 16.7 Å². The van der Waals surface area contributed by atoms with Gasteiger partial charge in [-0.3, -0.25) is 4.79 Å². The Kier molecular flexibility index (Phi) is 4.33. The number of hydrogen-bond acceptors (Lipinski definition) is 5. The molecule has 0 aromatic heterocycles. The van der Waals surface area contributed by atoms with Crippen LogP contribution in [0.1, 0.15) is 5.56 Å². The number of ether oxygens (including phenoxy) is 2. The first-order valence-corrected chi connectivity index (χ1v) is 8.80. The van der Waals surface area contributed by atoms with Crippen molar-refractivity contribution >= 4 is 57.8 Å². The Morgan fingerprint density at radius 2 is 1.84 bits per heavy atom. The second-order valence-corrected chi connectivity index (χ2v) is 7.06. The minimum atomic E-state index is -0.230. The van der Waals surface area contributed by atoms with Gasteiger partial charge in [0.25, 0.3) is 5.91 Å². The highest BCUT2D eigenvalue weighted by Gasteiger charge is 2.25. The topological polar surface area (TPSA) is 59.9 Å². The summed E-state index contributed by atoms with van der Waals surface area (Å²) in [6.45, 7) is 0.165. The average molecular weight is 393 g/mol. The summed E-state index contributed by atoms with van der Waals surface area (Å²) >= 11 is 13.3. The second-order valence-electron chi connectivity index (χ2n) is 5.19. The molecule has 0 saturated carbocycles. The lowest BCUT2D eigenvalue weighted by Crippen LogP contribution is -2.19. The zero-order valence-corrected chi connectivity index (χ0v) is 14.9. The highest BCUT2D eigenvalue weighted by Crippen LogP contribution is 2.38. The minimum Gasteiger partial charge on any atom is -0.454 e. The van der Waals surface area contributed by atoms with E-state index in [2.05, 4.69) is 10.3 Å². The number of aliphatic imine (C=N–C) groups is 1. The summed E-state index contributed by atoms with van der Waals surface area (Å²) < 4.78 is 10.6. The Labute approximate surface area is 157 Å². The maximum absolute atomic E-state index is 12.2. The molecule has 2 aliphatic heterocycles. The molecule has 0 spiro atoms. The van der Waals surface area contributed by atoms with Crippen LogP contribution in [-0.4, -0.2) is 17.9 Å². The van der Waals surface area contributed by atoms with Gasteiger partial charge in [-0.2, -0.15) is 0 Å². The van der Waals surface area contributed by atoms with Crippen LogP contribution < -0.4 is 14.8 Å². The van der Waals surface area contributed by atoms with E-state index < -0.39 is 0 Å². The number of carbonyl (C=O) groups excluding carboxylic acids is 1. The largest absolute Gasteiger partial charge is 0.454 e. The van der Waals surface area contributed by atoms with Gasteiger partial charge in [-0.1, -0.05) is 23.2 Å². The van der Waals surface area contributed by atoms with Gasteiger partial charge in [0.05, 0.1) is 15.6 Å². The second kappa shape index (κ2) is 6.63. The van der Waals surface area contributed by atoms with Crippen LogP contribution in [0.4, 0.5) is 5.69 Å². The van der Waals surface area contributed by atoms with Crippen LogP contribution in [0.25, 0.3) is 6.08 Å². The molecule has 0 aliphatic carbocycles. The maximum atomic E-state index is 12.2. The Morgan fingerprint density at radius 3 is 2.60 bits per heavy atom. The number of carbonyl (C=O) groups is 1. The summed E-state index contributed by atoms with van der Waals surface area (Å²) in [5.41, 5.74) is 1.38. The van der Waals surface area contributed by atoms with Crippen LogP contribution in [-0.2, 0) is 4.79 Å². The lowest BCUT2D eigenvalue weighted by molar-refractivity contribution is -0.115. The van der Waals surface area contributed by atoms with Gasteiger partial charge >= 0.3 is 0 Å². The molecule has 1 N–H and O–H groups in total. The first kappa shape index (κ1) is 16.3. The number of nitrogens with one attached hydrogen (secondary N) is 1. The zero-order valence-electron chi connectivity index (χ0n) is 12.6. The van der Waals surface area contributed by atoms with Gasteiger partial charge in [-0.05, 0) is 53.7 Å². The fourth-order valence-corrected chi connectivity index (χ4v) is 3.47. The van der Waals surface area contributed by atoms with Crippen LogP contribution in [0.15, 0.2) is 46.3 Å². The van der Waals surface area contributed by atoms with Crippen LogP contribution in [0.3, 0.4) is 0 Å². The molecule has 2 aromatic carbocycles. The number of amides is 1. The first-order valence-electron chi connectivity index (χ1n) is 7.23. The summed E-state index contributed by atoms with van der Waals surface area (Å²) in [6.07, 6.45) is 1.70. The quantitative estimate of drug-likeness (QED) is 0.757. The molecular weight excluding hydrogens is 383 g/mol. The standard InChI is InChI=1S/C17H10Cl2N2O3S/c18-10-1-3-11(4-2-10)20-17-21-16(22)15(25-17)6-9-5-13-14(7-12(9)19)24-8-23-13/h1-7H,8H2,(H,20,21,22)/b15-6-. The molecule has 2 heterocycles. The van der Waals surface area contributed by atoms with Gasteiger partial charge in [0, 0.05) is 11.1 Å². The van der Waals surface area contributed by atoms with E-state index in [0.29, 0.717) is 42.9 Å². The van der Waals surface area contributed by atoms with E-state index in [1.54, 1.807) is 42.5 Å². The van der Waals surface area contributed by atoms with Crippen molar-refractivity contribution in [3.8, 4) is 11.5 Å². The molecule has 2 aliphatic rings. The van der Waals surface area contributed by atoms with Crippen molar-refractivity contribution in [1.29, 1.82) is 0 Å². The fraction of sp³-hybridized carbons (Fsp3) is 0.0588. The molecule has 0 unspecified atom stereocenters. The Bertz CT molecular complexity index is 926. The molecule has 2 aromatic rings.